The molecule has 0 saturated heterocycles. The van der Waals surface area contributed by atoms with Gasteiger partial charge >= 0.3 is 5.97 Å². The van der Waals surface area contributed by atoms with E-state index in [2.05, 4.69) is 18.2 Å². The number of aryl methyl sites for hydroxylation is 1. The molecule has 3 rings (SSSR count). The molecule has 0 unspecified atom stereocenters. The van der Waals surface area contributed by atoms with Crippen LogP contribution >= 0.6 is 0 Å². The Hall–Kier alpha value is -2.13. The van der Waals surface area contributed by atoms with E-state index in [0.717, 1.165) is 43.4 Å². The third kappa shape index (κ3) is 3.15. The van der Waals surface area contributed by atoms with Crippen molar-refractivity contribution in [1.29, 1.82) is 0 Å². The van der Waals surface area contributed by atoms with Crippen LogP contribution in [0.1, 0.15) is 30.4 Å². The molecule has 0 spiro atoms. The summed E-state index contributed by atoms with van der Waals surface area (Å²) in [4.78, 5) is 11.4. The number of ether oxygens (including phenoxy) is 1. The molecule has 0 heterocycles. The maximum Gasteiger partial charge on any atom is 0.314 e. The van der Waals surface area contributed by atoms with E-state index in [1.165, 1.54) is 11.1 Å². The minimum absolute atomic E-state index is 0.628. The molecule has 0 atom stereocenters. The Kier molecular flexibility index (Phi) is 4.49. The summed E-state index contributed by atoms with van der Waals surface area (Å²) in [5.74, 6) is -0.704. The molecule has 1 aliphatic rings. The van der Waals surface area contributed by atoms with Crippen molar-refractivity contribution in [3.05, 3.63) is 59.7 Å². The Morgan fingerprint density at radius 2 is 1.83 bits per heavy atom. The minimum atomic E-state index is -0.704. The van der Waals surface area contributed by atoms with Crippen molar-refractivity contribution in [2.45, 2.75) is 31.1 Å². The molecule has 0 aromatic heterocycles. The summed E-state index contributed by atoms with van der Waals surface area (Å²) >= 11 is 0. The summed E-state index contributed by atoms with van der Waals surface area (Å²) in [6.07, 6.45) is 3.46. The van der Waals surface area contributed by atoms with Crippen LogP contribution in [0.5, 0.6) is 0 Å². The summed E-state index contributed by atoms with van der Waals surface area (Å²) in [5.41, 5.74) is 3.96. The van der Waals surface area contributed by atoms with Crippen molar-refractivity contribution in [3.63, 3.8) is 0 Å². The van der Waals surface area contributed by atoms with Crippen molar-refractivity contribution >= 4 is 5.97 Å². The van der Waals surface area contributed by atoms with Crippen molar-refractivity contribution in [2.24, 2.45) is 0 Å². The molecule has 3 nitrogen and oxygen atoms in total. The lowest BCUT2D eigenvalue weighted by Gasteiger charge is -2.13. The van der Waals surface area contributed by atoms with Crippen LogP contribution in [0.4, 0.5) is 0 Å². The first-order valence-electron chi connectivity index (χ1n) is 8.08. The Labute approximate surface area is 136 Å². The maximum absolute atomic E-state index is 11.4. The van der Waals surface area contributed by atoms with Gasteiger partial charge in [0.05, 0.1) is 5.41 Å². The third-order valence-electron chi connectivity index (χ3n) is 4.72. The van der Waals surface area contributed by atoms with Gasteiger partial charge in [-0.3, -0.25) is 4.79 Å². The highest BCUT2D eigenvalue weighted by atomic mass is 16.5. The van der Waals surface area contributed by atoms with Gasteiger partial charge in [0.15, 0.2) is 0 Å². The van der Waals surface area contributed by atoms with Gasteiger partial charge < -0.3 is 9.84 Å². The van der Waals surface area contributed by atoms with Crippen LogP contribution in [0.2, 0.25) is 0 Å². The molecule has 0 amide bonds. The number of carboxylic acid groups (broad SMARTS) is 1. The SMILES string of the molecule is COCCCc1ccccc1-c1ccc(C2(C(=O)O)CC2)cc1. The van der Waals surface area contributed by atoms with Gasteiger partial charge in [-0.1, -0.05) is 48.5 Å². The molecule has 0 radical (unpaired) electrons. The average Bonchev–Trinajstić information content (AvgIpc) is 3.38. The number of benzene rings is 2. The van der Waals surface area contributed by atoms with Gasteiger partial charge in [-0.25, -0.2) is 0 Å². The van der Waals surface area contributed by atoms with E-state index >= 15 is 0 Å². The topological polar surface area (TPSA) is 46.5 Å². The highest BCUT2D eigenvalue weighted by Gasteiger charge is 2.51. The van der Waals surface area contributed by atoms with Crippen LogP contribution in [-0.4, -0.2) is 24.8 Å². The van der Waals surface area contributed by atoms with Gasteiger partial charge in [-0.15, -0.1) is 0 Å². The fraction of sp³-hybridized carbons (Fsp3) is 0.350. The smallest absolute Gasteiger partial charge is 0.314 e. The molecule has 1 fully saturated rings. The van der Waals surface area contributed by atoms with Crippen molar-refractivity contribution in [3.8, 4) is 11.1 Å². The van der Waals surface area contributed by atoms with Crippen LogP contribution in [-0.2, 0) is 21.4 Å². The number of hydrogen-bond acceptors (Lipinski definition) is 2. The molecule has 2 aromatic carbocycles. The Balaban J connectivity index is 1.84. The third-order valence-corrected chi connectivity index (χ3v) is 4.72. The molecule has 23 heavy (non-hydrogen) atoms. The van der Waals surface area contributed by atoms with Crippen LogP contribution in [0, 0.1) is 0 Å². The van der Waals surface area contributed by atoms with E-state index in [1.807, 2.05) is 30.3 Å². The first-order valence-corrected chi connectivity index (χ1v) is 8.08. The molecule has 0 bridgehead atoms. The zero-order chi connectivity index (χ0) is 16.3. The first kappa shape index (κ1) is 15.8. The van der Waals surface area contributed by atoms with Gasteiger partial charge in [0.25, 0.3) is 0 Å². The number of rotatable bonds is 7. The van der Waals surface area contributed by atoms with Crippen LogP contribution in [0.25, 0.3) is 11.1 Å². The average molecular weight is 310 g/mol. The number of methoxy groups -OCH3 is 1. The highest BCUT2D eigenvalue weighted by molar-refractivity contribution is 5.85. The van der Waals surface area contributed by atoms with Gasteiger partial charge in [0.2, 0.25) is 0 Å². The summed E-state index contributed by atoms with van der Waals surface area (Å²) in [5, 5.41) is 9.40. The summed E-state index contributed by atoms with van der Waals surface area (Å²) in [6, 6.07) is 16.4. The predicted molar refractivity (Wildman–Crippen MR) is 90.6 cm³/mol. The van der Waals surface area contributed by atoms with Gasteiger partial charge in [-0.05, 0) is 47.9 Å². The second-order valence-corrected chi connectivity index (χ2v) is 6.22. The fourth-order valence-corrected chi connectivity index (χ4v) is 3.15. The molecule has 120 valence electrons. The lowest BCUT2D eigenvalue weighted by Crippen LogP contribution is -2.19. The number of aliphatic carboxylic acids is 1. The zero-order valence-electron chi connectivity index (χ0n) is 13.4. The number of carbonyl (C=O) groups is 1. The summed E-state index contributed by atoms with van der Waals surface area (Å²) < 4.78 is 5.14. The second-order valence-electron chi connectivity index (χ2n) is 6.22. The van der Waals surface area contributed by atoms with E-state index in [9.17, 15) is 9.90 Å². The maximum atomic E-state index is 11.4. The standard InChI is InChI=1S/C20H22O3/c1-23-14-4-6-15-5-2-3-7-18(15)16-8-10-17(11-9-16)20(12-13-20)19(21)22/h2-3,5,7-11H,4,6,12-14H2,1H3,(H,21,22). The zero-order valence-corrected chi connectivity index (χ0v) is 13.4. The second kappa shape index (κ2) is 6.55. The van der Waals surface area contributed by atoms with Crippen molar-refractivity contribution in [1.82, 2.24) is 0 Å². The molecule has 1 saturated carbocycles. The number of hydrogen-bond donors (Lipinski definition) is 1. The molecule has 0 aliphatic heterocycles. The van der Waals surface area contributed by atoms with E-state index in [-0.39, 0.29) is 0 Å². The van der Waals surface area contributed by atoms with Gasteiger partial charge in [0, 0.05) is 13.7 Å². The van der Waals surface area contributed by atoms with E-state index in [4.69, 9.17) is 4.74 Å². The van der Waals surface area contributed by atoms with Crippen LogP contribution in [0.15, 0.2) is 48.5 Å². The van der Waals surface area contributed by atoms with E-state index in [0.29, 0.717) is 0 Å². The highest BCUT2D eigenvalue weighted by Crippen LogP contribution is 2.48. The van der Waals surface area contributed by atoms with E-state index in [1.54, 1.807) is 7.11 Å². The molecule has 2 aromatic rings. The van der Waals surface area contributed by atoms with Gasteiger partial charge in [0.1, 0.15) is 0 Å². The lowest BCUT2D eigenvalue weighted by molar-refractivity contribution is -0.140. The van der Waals surface area contributed by atoms with Crippen molar-refractivity contribution < 1.29 is 14.6 Å². The Bertz CT molecular complexity index is 684. The molecule has 1 N–H and O–H groups in total. The minimum Gasteiger partial charge on any atom is -0.481 e. The molecule has 3 heteroatoms. The number of carboxylic acids is 1. The monoisotopic (exact) mass is 310 g/mol. The summed E-state index contributed by atoms with van der Waals surface area (Å²) in [6.45, 7) is 0.758. The van der Waals surface area contributed by atoms with E-state index < -0.39 is 11.4 Å². The molecular formula is C20H22O3. The molecule has 1 aliphatic carbocycles. The molecular weight excluding hydrogens is 288 g/mol. The Morgan fingerprint density at radius 3 is 2.43 bits per heavy atom. The fourth-order valence-electron chi connectivity index (χ4n) is 3.15. The van der Waals surface area contributed by atoms with Crippen LogP contribution in [0.3, 0.4) is 0 Å². The normalized spacial score (nSPS) is 15.3. The quantitative estimate of drug-likeness (QED) is 0.785. The van der Waals surface area contributed by atoms with Crippen molar-refractivity contribution in [2.75, 3.05) is 13.7 Å². The predicted octanol–water partition coefficient (Wildman–Crippen LogP) is 4.05. The Morgan fingerprint density at radius 1 is 1.13 bits per heavy atom. The summed E-state index contributed by atoms with van der Waals surface area (Å²) in [7, 11) is 1.72. The largest absolute Gasteiger partial charge is 0.481 e. The van der Waals surface area contributed by atoms with Gasteiger partial charge in [-0.2, -0.15) is 0 Å². The first-order chi connectivity index (χ1) is 11.2. The van der Waals surface area contributed by atoms with Crippen LogP contribution < -0.4 is 0 Å². The lowest BCUT2D eigenvalue weighted by atomic mass is 9.92.